The van der Waals surface area contributed by atoms with E-state index < -0.39 is 5.54 Å². The molecule has 1 atom stereocenters. The molecule has 1 fully saturated rings. The molecule has 6 heteroatoms. The highest BCUT2D eigenvalue weighted by atomic mass is 32.2. The lowest BCUT2D eigenvalue weighted by molar-refractivity contribution is -0.586. The SMILES string of the molecule is CSC(C)C1OCC(C)([N+](=O)[O-])CO1. The van der Waals surface area contributed by atoms with Gasteiger partial charge >= 0.3 is 0 Å². The fourth-order valence-corrected chi connectivity index (χ4v) is 1.48. The van der Waals surface area contributed by atoms with Crippen molar-refractivity contribution in [1.29, 1.82) is 0 Å². The number of nitro groups is 1. The first kappa shape index (κ1) is 11.7. The Kier molecular flexibility index (Phi) is 3.74. The minimum atomic E-state index is -1.09. The molecule has 0 spiro atoms. The van der Waals surface area contributed by atoms with Gasteiger partial charge in [-0.15, -0.1) is 0 Å². The van der Waals surface area contributed by atoms with E-state index in [0.717, 1.165) is 0 Å². The Bertz CT molecular complexity index is 215. The third-order valence-electron chi connectivity index (χ3n) is 2.31. The van der Waals surface area contributed by atoms with E-state index in [2.05, 4.69) is 0 Å². The quantitative estimate of drug-likeness (QED) is 0.528. The highest BCUT2D eigenvalue weighted by molar-refractivity contribution is 7.99. The van der Waals surface area contributed by atoms with E-state index in [1.54, 1.807) is 11.8 Å². The molecule has 0 aromatic heterocycles. The molecule has 5 nitrogen and oxygen atoms in total. The molecule has 0 saturated carbocycles. The molecular formula is C8H15NO4S. The van der Waals surface area contributed by atoms with Gasteiger partial charge in [0.2, 0.25) is 0 Å². The van der Waals surface area contributed by atoms with Crippen LogP contribution in [-0.4, -0.2) is 41.5 Å². The molecule has 0 N–H and O–H groups in total. The van der Waals surface area contributed by atoms with Crippen molar-refractivity contribution in [1.82, 2.24) is 0 Å². The Morgan fingerprint density at radius 3 is 2.43 bits per heavy atom. The second kappa shape index (κ2) is 4.46. The number of hydrogen-bond donors (Lipinski definition) is 0. The lowest BCUT2D eigenvalue weighted by Crippen LogP contribution is -2.52. The summed E-state index contributed by atoms with van der Waals surface area (Å²) in [5.41, 5.74) is -1.09. The Balaban J connectivity index is 2.49. The molecule has 82 valence electrons. The fraction of sp³-hybridized carbons (Fsp3) is 1.00. The van der Waals surface area contributed by atoms with E-state index in [1.165, 1.54) is 6.92 Å². The molecule has 14 heavy (non-hydrogen) atoms. The van der Waals surface area contributed by atoms with Crippen molar-refractivity contribution in [2.45, 2.75) is 30.9 Å². The maximum absolute atomic E-state index is 10.7. The van der Waals surface area contributed by atoms with Gasteiger partial charge in [0.05, 0.1) is 5.25 Å². The van der Waals surface area contributed by atoms with Gasteiger partial charge in [0.15, 0.2) is 6.29 Å². The summed E-state index contributed by atoms with van der Waals surface area (Å²) in [6.45, 7) is 3.75. The molecule has 0 amide bonds. The van der Waals surface area contributed by atoms with Crippen LogP contribution in [0.2, 0.25) is 0 Å². The van der Waals surface area contributed by atoms with Crippen molar-refractivity contribution in [3.63, 3.8) is 0 Å². The molecule has 1 unspecified atom stereocenters. The molecule has 0 bridgehead atoms. The first-order valence-electron chi connectivity index (χ1n) is 4.40. The Morgan fingerprint density at radius 1 is 1.57 bits per heavy atom. The Labute approximate surface area is 87.3 Å². The highest BCUT2D eigenvalue weighted by Gasteiger charge is 2.44. The van der Waals surface area contributed by atoms with E-state index in [0.29, 0.717) is 0 Å². The van der Waals surface area contributed by atoms with Crippen molar-refractivity contribution in [2.24, 2.45) is 0 Å². The number of rotatable bonds is 3. The molecular weight excluding hydrogens is 206 g/mol. The normalized spacial score (nSPS) is 35.2. The maximum atomic E-state index is 10.7. The van der Waals surface area contributed by atoms with Crippen LogP contribution in [0, 0.1) is 10.1 Å². The number of hydrogen-bond acceptors (Lipinski definition) is 5. The minimum absolute atomic E-state index is 0.121. The highest BCUT2D eigenvalue weighted by Crippen LogP contribution is 2.24. The Hall–Kier alpha value is -0.330. The summed E-state index contributed by atoms with van der Waals surface area (Å²) in [5, 5.41) is 10.9. The van der Waals surface area contributed by atoms with Crippen LogP contribution in [0.15, 0.2) is 0 Å². The van der Waals surface area contributed by atoms with Gasteiger partial charge in [-0.05, 0) is 13.2 Å². The second-order valence-electron chi connectivity index (χ2n) is 3.69. The van der Waals surface area contributed by atoms with Gasteiger partial charge < -0.3 is 9.47 Å². The Morgan fingerprint density at radius 2 is 2.07 bits per heavy atom. The summed E-state index contributed by atoms with van der Waals surface area (Å²) in [5.74, 6) is 0. The van der Waals surface area contributed by atoms with E-state index in [4.69, 9.17) is 9.47 Å². The summed E-state index contributed by atoms with van der Waals surface area (Å²) in [4.78, 5) is 10.3. The van der Waals surface area contributed by atoms with Crippen molar-refractivity contribution < 1.29 is 14.4 Å². The molecule has 0 radical (unpaired) electrons. The van der Waals surface area contributed by atoms with Crippen LogP contribution < -0.4 is 0 Å². The zero-order valence-corrected chi connectivity index (χ0v) is 9.37. The number of ether oxygens (including phenoxy) is 2. The van der Waals surface area contributed by atoms with Crippen LogP contribution in [0.3, 0.4) is 0 Å². The fourth-order valence-electron chi connectivity index (χ4n) is 1.10. The van der Waals surface area contributed by atoms with Crippen LogP contribution in [-0.2, 0) is 9.47 Å². The van der Waals surface area contributed by atoms with Crippen molar-refractivity contribution in [2.75, 3.05) is 19.5 Å². The van der Waals surface area contributed by atoms with Crippen LogP contribution >= 0.6 is 11.8 Å². The van der Waals surface area contributed by atoms with Gasteiger partial charge in [-0.25, -0.2) is 0 Å². The summed E-state index contributed by atoms with van der Waals surface area (Å²) < 4.78 is 10.6. The monoisotopic (exact) mass is 221 g/mol. The number of nitrogens with zero attached hydrogens (tertiary/aromatic N) is 1. The zero-order chi connectivity index (χ0) is 10.8. The predicted molar refractivity (Wildman–Crippen MR) is 54.1 cm³/mol. The van der Waals surface area contributed by atoms with Crippen molar-refractivity contribution in [3.8, 4) is 0 Å². The van der Waals surface area contributed by atoms with E-state index in [1.807, 2.05) is 13.2 Å². The topological polar surface area (TPSA) is 61.6 Å². The van der Waals surface area contributed by atoms with Gasteiger partial charge in [-0.3, -0.25) is 10.1 Å². The zero-order valence-electron chi connectivity index (χ0n) is 8.56. The molecule has 0 aromatic carbocycles. The van der Waals surface area contributed by atoms with Gasteiger partial charge in [0.25, 0.3) is 5.54 Å². The van der Waals surface area contributed by atoms with Crippen LogP contribution in [0.5, 0.6) is 0 Å². The molecule has 0 aromatic rings. The second-order valence-corrected chi connectivity index (χ2v) is 4.90. The minimum Gasteiger partial charge on any atom is -0.344 e. The molecule has 1 saturated heterocycles. The van der Waals surface area contributed by atoms with Crippen molar-refractivity contribution in [3.05, 3.63) is 10.1 Å². The van der Waals surface area contributed by atoms with E-state index >= 15 is 0 Å². The smallest absolute Gasteiger partial charge is 0.265 e. The molecule has 1 aliphatic rings. The number of thioether (sulfide) groups is 1. The summed E-state index contributed by atoms with van der Waals surface area (Å²) in [6, 6.07) is 0. The van der Waals surface area contributed by atoms with Gasteiger partial charge in [-0.1, -0.05) is 0 Å². The molecule has 1 aliphatic heterocycles. The standard InChI is InChI=1S/C8H15NO4S/c1-6(14-3)7-12-4-8(2,5-13-7)9(10)11/h6-7H,4-5H2,1-3H3. The first-order chi connectivity index (χ1) is 6.49. The lowest BCUT2D eigenvalue weighted by Gasteiger charge is -2.33. The predicted octanol–water partition coefficient (Wildman–Crippen LogP) is 1.15. The summed E-state index contributed by atoms with van der Waals surface area (Å²) >= 11 is 1.62. The maximum Gasteiger partial charge on any atom is 0.265 e. The van der Waals surface area contributed by atoms with E-state index in [9.17, 15) is 10.1 Å². The summed E-state index contributed by atoms with van der Waals surface area (Å²) in [7, 11) is 0. The average Bonchev–Trinajstić information content (AvgIpc) is 2.17. The lowest BCUT2D eigenvalue weighted by atomic mass is 10.1. The third kappa shape index (κ3) is 2.37. The van der Waals surface area contributed by atoms with Crippen molar-refractivity contribution >= 4 is 11.8 Å². The van der Waals surface area contributed by atoms with Crippen LogP contribution in [0.1, 0.15) is 13.8 Å². The van der Waals surface area contributed by atoms with Gasteiger partial charge in [0.1, 0.15) is 13.2 Å². The largest absolute Gasteiger partial charge is 0.344 e. The summed E-state index contributed by atoms with van der Waals surface area (Å²) in [6.07, 6.45) is 1.64. The van der Waals surface area contributed by atoms with Crippen LogP contribution in [0.4, 0.5) is 0 Å². The van der Waals surface area contributed by atoms with E-state index in [-0.39, 0.29) is 29.7 Å². The van der Waals surface area contributed by atoms with Crippen LogP contribution in [0.25, 0.3) is 0 Å². The first-order valence-corrected chi connectivity index (χ1v) is 5.69. The average molecular weight is 221 g/mol. The molecule has 0 aliphatic carbocycles. The van der Waals surface area contributed by atoms with Gasteiger partial charge in [-0.2, -0.15) is 11.8 Å². The van der Waals surface area contributed by atoms with Gasteiger partial charge in [0, 0.05) is 11.8 Å². The molecule has 1 rings (SSSR count). The third-order valence-corrected chi connectivity index (χ3v) is 3.28. The molecule has 1 heterocycles.